The summed E-state index contributed by atoms with van der Waals surface area (Å²) in [7, 11) is -9.71. The van der Waals surface area contributed by atoms with Crippen molar-refractivity contribution >= 4 is 15.6 Å². The van der Waals surface area contributed by atoms with E-state index in [0.717, 1.165) is 6.92 Å². The molecule has 0 saturated heterocycles. The van der Waals surface area contributed by atoms with Crippen molar-refractivity contribution in [3.05, 3.63) is 0 Å². The number of rotatable bonds is 8. The molecule has 0 radical (unpaired) electrons. The lowest BCUT2D eigenvalue weighted by Gasteiger charge is -2.29. The van der Waals surface area contributed by atoms with Gasteiger partial charge >= 0.3 is 0 Å². The molecule has 16 heavy (non-hydrogen) atoms. The maximum atomic E-state index is 10.7. The topological polar surface area (TPSA) is 158 Å². The molecule has 98 valence electrons. The van der Waals surface area contributed by atoms with Crippen LogP contribution in [0.3, 0.4) is 0 Å². The van der Waals surface area contributed by atoms with E-state index in [1.807, 2.05) is 0 Å². The molecule has 0 aliphatic heterocycles. The minimum absolute atomic E-state index is 0.927. The SMILES string of the molecule is CC(OP(=O)([O-])OCO)OP(=O)([O-])OCO. The minimum atomic E-state index is -4.86. The molecule has 0 fully saturated rings. The number of hydrogen-bond acceptors (Lipinski definition) is 10. The van der Waals surface area contributed by atoms with Gasteiger partial charge in [0.2, 0.25) is 0 Å². The van der Waals surface area contributed by atoms with Crippen molar-refractivity contribution in [2.24, 2.45) is 0 Å². The smallest absolute Gasteiger partial charge is 0.272 e. The van der Waals surface area contributed by atoms with Crippen molar-refractivity contribution in [2.45, 2.75) is 13.2 Å². The van der Waals surface area contributed by atoms with E-state index in [0.29, 0.717) is 0 Å². The number of phosphoric acid groups is 2. The summed E-state index contributed by atoms with van der Waals surface area (Å²) in [5.41, 5.74) is 0. The van der Waals surface area contributed by atoms with Gasteiger partial charge in [0, 0.05) is 0 Å². The standard InChI is InChI=1S/C4H12O10P2/c1-4(13-15(7,8)11-2-5)14-16(9,10)12-3-6/h4-6H,2-3H2,1H3,(H,7,8)(H,9,10)/p-2. The number of aliphatic hydroxyl groups is 2. The van der Waals surface area contributed by atoms with E-state index in [2.05, 4.69) is 18.1 Å². The van der Waals surface area contributed by atoms with E-state index >= 15 is 0 Å². The molecule has 2 unspecified atom stereocenters. The van der Waals surface area contributed by atoms with Crippen molar-refractivity contribution in [3.63, 3.8) is 0 Å². The zero-order valence-corrected chi connectivity index (χ0v) is 9.84. The summed E-state index contributed by atoms with van der Waals surface area (Å²) in [6, 6.07) is 0. The van der Waals surface area contributed by atoms with E-state index in [4.69, 9.17) is 10.2 Å². The van der Waals surface area contributed by atoms with Gasteiger partial charge in [0.25, 0.3) is 15.6 Å². The Morgan fingerprint density at radius 1 is 1.06 bits per heavy atom. The van der Waals surface area contributed by atoms with Crippen molar-refractivity contribution < 1.29 is 47.2 Å². The molecule has 0 aliphatic carbocycles. The number of hydrogen-bond donors (Lipinski definition) is 2. The van der Waals surface area contributed by atoms with Gasteiger partial charge in [-0.25, -0.2) is 0 Å². The van der Waals surface area contributed by atoms with Gasteiger partial charge in [-0.05, 0) is 6.92 Å². The second kappa shape index (κ2) is 6.77. The highest BCUT2D eigenvalue weighted by Gasteiger charge is 2.20. The van der Waals surface area contributed by atoms with Gasteiger partial charge in [0.05, 0.1) is 0 Å². The molecule has 2 atom stereocenters. The molecule has 0 spiro atoms. The zero-order chi connectivity index (χ0) is 12.8. The third-order valence-electron chi connectivity index (χ3n) is 0.987. The largest absolute Gasteiger partial charge is 0.756 e. The van der Waals surface area contributed by atoms with Gasteiger partial charge < -0.3 is 20.0 Å². The Labute approximate surface area is 90.6 Å². The maximum absolute atomic E-state index is 10.7. The molecule has 0 aromatic rings. The Morgan fingerprint density at radius 2 is 1.38 bits per heavy atom. The molecule has 0 rings (SSSR count). The molecule has 12 heteroatoms. The van der Waals surface area contributed by atoms with Crippen LogP contribution >= 0.6 is 15.6 Å². The first-order valence-electron chi connectivity index (χ1n) is 3.72. The summed E-state index contributed by atoms with van der Waals surface area (Å²) in [6.07, 6.45) is -1.76. The molecular weight excluding hydrogens is 270 g/mol. The molecule has 0 aromatic carbocycles. The van der Waals surface area contributed by atoms with Crippen molar-refractivity contribution in [3.8, 4) is 0 Å². The second-order valence-corrected chi connectivity index (χ2v) is 4.92. The highest BCUT2D eigenvalue weighted by Crippen LogP contribution is 2.45. The van der Waals surface area contributed by atoms with Gasteiger partial charge in [-0.2, -0.15) is 0 Å². The van der Waals surface area contributed by atoms with E-state index < -0.39 is 35.5 Å². The Bertz CT molecular complexity index is 263. The highest BCUT2D eigenvalue weighted by molar-refractivity contribution is 7.46. The second-order valence-electron chi connectivity index (χ2n) is 2.19. The Hall–Kier alpha value is 0.140. The summed E-state index contributed by atoms with van der Waals surface area (Å²) >= 11 is 0. The van der Waals surface area contributed by atoms with Gasteiger partial charge in [0.15, 0.2) is 19.9 Å². The van der Waals surface area contributed by atoms with Crippen LogP contribution in [-0.4, -0.2) is 30.1 Å². The average Bonchev–Trinajstić information content (AvgIpc) is 1.99. The number of phosphoric ester groups is 2. The molecule has 0 aromatic heterocycles. The van der Waals surface area contributed by atoms with Crippen molar-refractivity contribution in [1.29, 1.82) is 0 Å². The normalized spacial score (nSPS) is 21.1. The lowest BCUT2D eigenvalue weighted by atomic mass is 10.8. The van der Waals surface area contributed by atoms with E-state index in [-0.39, 0.29) is 0 Å². The van der Waals surface area contributed by atoms with E-state index in [1.54, 1.807) is 0 Å². The highest BCUT2D eigenvalue weighted by atomic mass is 31.2. The Balaban J connectivity index is 4.22. The average molecular weight is 280 g/mol. The van der Waals surface area contributed by atoms with Crippen molar-refractivity contribution in [2.75, 3.05) is 13.6 Å². The van der Waals surface area contributed by atoms with E-state index in [9.17, 15) is 18.9 Å². The summed E-state index contributed by atoms with van der Waals surface area (Å²) in [4.78, 5) is 21.5. The fraction of sp³-hybridized carbons (Fsp3) is 1.00. The molecule has 0 heterocycles. The Kier molecular flexibility index (Phi) is 6.83. The van der Waals surface area contributed by atoms with Crippen molar-refractivity contribution in [1.82, 2.24) is 0 Å². The van der Waals surface area contributed by atoms with Crippen LogP contribution in [0, 0.1) is 0 Å². The van der Waals surface area contributed by atoms with Crippen LogP contribution in [0.4, 0.5) is 0 Å². The fourth-order valence-electron chi connectivity index (χ4n) is 0.585. The van der Waals surface area contributed by atoms with Crippen LogP contribution in [0.1, 0.15) is 6.92 Å². The molecule has 2 N–H and O–H groups in total. The summed E-state index contributed by atoms with van der Waals surface area (Å²) < 4.78 is 37.0. The first-order valence-corrected chi connectivity index (χ1v) is 6.64. The first kappa shape index (κ1) is 16.1. The van der Waals surface area contributed by atoms with Gasteiger partial charge in [-0.3, -0.25) is 27.2 Å². The number of aliphatic hydroxyl groups excluding tert-OH is 2. The molecular formula is C4H10O10P2-2. The lowest BCUT2D eigenvalue weighted by molar-refractivity contribution is -0.260. The Morgan fingerprint density at radius 3 is 1.62 bits per heavy atom. The molecule has 0 saturated carbocycles. The first-order chi connectivity index (χ1) is 7.22. The van der Waals surface area contributed by atoms with Gasteiger partial charge in [0.1, 0.15) is 0 Å². The molecule has 0 bridgehead atoms. The third kappa shape index (κ3) is 7.42. The maximum Gasteiger partial charge on any atom is 0.272 e. The summed E-state index contributed by atoms with van der Waals surface area (Å²) in [6.45, 7) is -1.39. The van der Waals surface area contributed by atoms with Crippen LogP contribution in [0.2, 0.25) is 0 Å². The van der Waals surface area contributed by atoms with E-state index in [1.165, 1.54) is 0 Å². The summed E-state index contributed by atoms with van der Waals surface area (Å²) in [5.74, 6) is 0. The zero-order valence-electron chi connectivity index (χ0n) is 8.05. The van der Waals surface area contributed by atoms with Gasteiger partial charge in [-0.15, -0.1) is 0 Å². The summed E-state index contributed by atoms with van der Waals surface area (Å²) in [5, 5.41) is 16.3. The predicted octanol–water partition coefficient (Wildman–Crippen LogP) is -1.76. The monoisotopic (exact) mass is 280 g/mol. The van der Waals surface area contributed by atoms with Crippen LogP contribution in [-0.2, 0) is 27.2 Å². The molecule has 10 nitrogen and oxygen atoms in total. The van der Waals surface area contributed by atoms with Crippen LogP contribution in [0.25, 0.3) is 0 Å². The molecule has 0 amide bonds. The minimum Gasteiger partial charge on any atom is -0.756 e. The van der Waals surface area contributed by atoms with Crippen LogP contribution in [0.5, 0.6) is 0 Å². The quantitative estimate of drug-likeness (QED) is 0.385. The fourth-order valence-corrected chi connectivity index (χ4v) is 1.87. The lowest BCUT2D eigenvalue weighted by Crippen LogP contribution is -2.20. The predicted molar refractivity (Wildman–Crippen MR) is 43.2 cm³/mol. The molecule has 0 aliphatic rings. The van der Waals surface area contributed by atoms with Gasteiger partial charge in [-0.1, -0.05) is 0 Å². The third-order valence-corrected chi connectivity index (χ3v) is 2.96. The van der Waals surface area contributed by atoms with Crippen LogP contribution in [0.15, 0.2) is 0 Å². The van der Waals surface area contributed by atoms with Crippen LogP contribution < -0.4 is 9.79 Å².